The summed E-state index contributed by atoms with van der Waals surface area (Å²) in [6.45, 7) is 5.72. The maximum Gasteiger partial charge on any atom is 0.311 e. The molecule has 4 heterocycles. The zero-order valence-electron chi connectivity index (χ0n) is 13.6. The maximum absolute atomic E-state index is 11.7. The lowest BCUT2D eigenvalue weighted by atomic mass is 10.0. The molecule has 2 saturated heterocycles. The van der Waals surface area contributed by atoms with Gasteiger partial charge < -0.3 is 14.4 Å². The first kappa shape index (κ1) is 14.9. The minimum atomic E-state index is -0.100. The molecule has 0 unspecified atom stereocenters. The number of fused-ring (bicyclic) bond motifs is 1. The third-order valence-corrected chi connectivity index (χ3v) is 4.66. The van der Waals surface area contributed by atoms with Crippen LogP contribution in [0.3, 0.4) is 0 Å². The fourth-order valence-corrected chi connectivity index (χ4v) is 3.30. The van der Waals surface area contributed by atoms with Gasteiger partial charge in [-0.15, -0.1) is 0 Å². The Morgan fingerprint density at radius 1 is 1.25 bits per heavy atom. The lowest BCUT2D eigenvalue weighted by molar-refractivity contribution is -0.140. The minimum Gasteiger partial charge on any atom is -0.465 e. The first-order valence-electron chi connectivity index (χ1n) is 7.96. The summed E-state index contributed by atoms with van der Waals surface area (Å²) in [5.41, 5.74) is 1.66. The van der Waals surface area contributed by atoms with Crippen molar-refractivity contribution in [3.05, 3.63) is 35.9 Å². The Balaban J connectivity index is 1.60. The van der Waals surface area contributed by atoms with E-state index < -0.39 is 0 Å². The highest BCUT2D eigenvalue weighted by Gasteiger charge is 2.44. The minimum absolute atomic E-state index is 0.0516. The summed E-state index contributed by atoms with van der Waals surface area (Å²) in [5.74, 6) is 2.09. The number of aromatic nitrogens is 3. The number of anilines is 1. The van der Waals surface area contributed by atoms with Gasteiger partial charge in [0, 0.05) is 25.2 Å². The summed E-state index contributed by atoms with van der Waals surface area (Å²) in [6, 6.07) is 3.69. The second-order valence-corrected chi connectivity index (χ2v) is 6.22. The summed E-state index contributed by atoms with van der Waals surface area (Å²) in [5, 5.41) is 0. The molecule has 0 bridgehead atoms. The average Bonchev–Trinajstić information content (AvgIpc) is 3.14. The van der Waals surface area contributed by atoms with Crippen LogP contribution in [0.2, 0.25) is 0 Å². The van der Waals surface area contributed by atoms with E-state index in [1.807, 2.05) is 26.0 Å². The lowest BCUT2D eigenvalue weighted by Gasteiger charge is -2.21. The van der Waals surface area contributed by atoms with Crippen LogP contribution < -0.4 is 9.64 Å². The van der Waals surface area contributed by atoms with E-state index in [4.69, 9.17) is 9.47 Å². The molecule has 2 aromatic rings. The van der Waals surface area contributed by atoms with Gasteiger partial charge in [-0.05, 0) is 26.0 Å². The fraction of sp³-hybridized carbons (Fsp3) is 0.412. The van der Waals surface area contributed by atoms with E-state index in [-0.39, 0.29) is 17.8 Å². The van der Waals surface area contributed by atoms with Gasteiger partial charge in [-0.3, -0.25) is 9.78 Å². The summed E-state index contributed by atoms with van der Waals surface area (Å²) in [7, 11) is 0. The summed E-state index contributed by atoms with van der Waals surface area (Å²) in [4.78, 5) is 26.8. The van der Waals surface area contributed by atoms with Crippen molar-refractivity contribution in [2.75, 3.05) is 24.6 Å². The van der Waals surface area contributed by atoms with Gasteiger partial charge in [-0.25, -0.2) is 9.97 Å². The van der Waals surface area contributed by atoms with Gasteiger partial charge in [0.1, 0.15) is 12.1 Å². The predicted octanol–water partition coefficient (Wildman–Crippen LogP) is 1.89. The zero-order chi connectivity index (χ0) is 16.7. The van der Waals surface area contributed by atoms with E-state index >= 15 is 0 Å². The molecule has 2 fully saturated rings. The molecule has 2 atom stereocenters. The Morgan fingerprint density at radius 2 is 2.12 bits per heavy atom. The van der Waals surface area contributed by atoms with Gasteiger partial charge in [0.05, 0.1) is 23.8 Å². The van der Waals surface area contributed by atoms with Crippen molar-refractivity contribution in [2.24, 2.45) is 11.8 Å². The van der Waals surface area contributed by atoms with E-state index in [2.05, 4.69) is 19.9 Å². The number of carbonyl (C=O) groups excluding carboxylic acids is 1. The second-order valence-electron chi connectivity index (χ2n) is 6.22. The number of ether oxygens (including phenoxy) is 2. The number of nitrogens with zero attached hydrogens (tertiary/aromatic N) is 4. The van der Waals surface area contributed by atoms with Gasteiger partial charge in [-0.1, -0.05) is 0 Å². The van der Waals surface area contributed by atoms with Crippen LogP contribution in [0, 0.1) is 25.7 Å². The van der Waals surface area contributed by atoms with Gasteiger partial charge in [0.25, 0.3) is 0 Å². The van der Waals surface area contributed by atoms with Crippen LogP contribution in [0.4, 0.5) is 5.82 Å². The Hall–Kier alpha value is -2.70. The molecule has 0 radical (unpaired) electrons. The smallest absolute Gasteiger partial charge is 0.311 e. The molecule has 7 nitrogen and oxygen atoms in total. The molecule has 0 N–H and O–H groups in total. The molecular weight excluding hydrogens is 308 g/mol. The van der Waals surface area contributed by atoms with Gasteiger partial charge in [0.15, 0.2) is 5.75 Å². The van der Waals surface area contributed by atoms with E-state index in [1.165, 1.54) is 6.33 Å². The highest BCUT2D eigenvalue weighted by molar-refractivity contribution is 5.77. The third kappa shape index (κ3) is 2.46. The molecule has 4 rings (SSSR count). The highest BCUT2D eigenvalue weighted by atomic mass is 16.5. The number of carbonyl (C=O) groups is 1. The third-order valence-electron chi connectivity index (χ3n) is 4.66. The van der Waals surface area contributed by atoms with Gasteiger partial charge in [0.2, 0.25) is 5.88 Å². The molecule has 0 aliphatic carbocycles. The van der Waals surface area contributed by atoms with Crippen molar-refractivity contribution in [1.82, 2.24) is 15.0 Å². The number of hydrogen-bond donors (Lipinski definition) is 0. The summed E-state index contributed by atoms with van der Waals surface area (Å²) >= 11 is 0. The number of pyridine rings is 1. The van der Waals surface area contributed by atoms with Crippen molar-refractivity contribution in [2.45, 2.75) is 13.8 Å². The number of hydrogen-bond acceptors (Lipinski definition) is 7. The predicted molar refractivity (Wildman–Crippen MR) is 86.0 cm³/mol. The Kier molecular flexibility index (Phi) is 3.55. The molecule has 124 valence electrons. The van der Waals surface area contributed by atoms with Crippen molar-refractivity contribution in [3.63, 3.8) is 0 Å². The number of esters is 1. The van der Waals surface area contributed by atoms with Gasteiger partial charge in [-0.2, -0.15) is 0 Å². The van der Waals surface area contributed by atoms with Crippen molar-refractivity contribution in [3.8, 4) is 11.6 Å². The molecule has 0 aromatic carbocycles. The molecule has 0 saturated carbocycles. The first-order valence-corrected chi connectivity index (χ1v) is 7.96. The Morgan fingerprint density at radius 3 is 2.92 bits per heavy atom. The van der Waals surface area contributed by atoms with Crippen LogP contribution in [0.5, 0.6) is 11.6 Å². The Labute approximate surface area is 139 Å². The monoisotopic (exact) mass is 326 g/mol. The average molecular weight is 326 g/mol. The molecule has 7 heteroatoms. The van der Waals surface area contributed by atoms with Crippen LogP contribution in [-0.4, -0.2) is 40.6 Å². The van der Waals surface area contributed by atoms with E-state index in [0.717, 1.165) is 23.6 Å². The lowest BCUT2D eigenvalue weighted by Crippen LogP contribution is -2.25. The highest BCUT2D eigenvalue weighted by Crippen LogP contribution is 2.36. The molecular formula is C17H18N4O3. The SMILES string of the molecule is Cc1ncccc1Oc1ncnc(N2C[C@@H]3COC(=O)[C@@H]3C2)c1C. The molecule has 0 spiro atoms. The van der Waals surface area contributed by atoms with Crippen LogP contribution in [0.1, 0.15) is 11.3 Å². The zero-order valence-corrected chi connectivity index (χ0v) is 13.6. The maximum atomic E-state index is 11.7. The summed E-state index contributed by atoms with van der Waals surface area (Å²) in [6.07, 6.45) is 3.22. The number of cyclic esters (lactones) is 1. The molecule has 24 heavy (non-hydrogen) atoms. The van der Waals surface area contributed by atoms with Crippen molar-refractivity contribution >= 4 is 11.8 Å². The van der Waals surface area contributed by atoms with E-state index in [9.17, 15) is 4.79 Å². The number of rotatable bonds is 3. The molecule has 2 aliphatic rings. The van der Waals surface area contributed by atoms with Gasteiger partial charge >= 0.3 is 5.97 Å². The van der Waals surface area contributed by atoms with Crippen LogP contribution in [-0.2, 0) is 9.53 Å². The molecule has 2 aliphatic heterocycles. The standard InChI is InChI=1S/C17H18N4O3/c1-10-15(21-6-12-8-23-17(22)13(12)7-21)19-9-20-16(10)24-14-4-3-5-18-11(14)2/h3-5,9,12-13H,6-8H2,1-2H3/t12-,13-/m1/s1. The first-order chi connectivity index (χ1) is 11.6. The summed E-state index contributed by atoms with van der Waals surface area (Å²) < 4.78 is 11.0. The largest absolute Gasteiger partial charge is 0.465 e. The quantitative estimate of drug-likeness (QED) is 0.797. The van der Waals surface area contributed by atoms with Crippen LogP contribution in [0.15, 0.2) is 24.7 Å². The topological polar surface area (TPSA) is 77.4 Å². The molecule has 0 amide bonds. The fourth-order valence-electron chi connectivity index (χ4n) is 3.30. The van der Waals surface area contributed by atoms with Crippen molar-refractivity contribution in [1.29, 1.82) is 0 Å². The second kappa shape index (κ2) is 5.74. The van der Waals surface area contributed by atoms with E-state index in [0.29, 0.717) is 24.8 Å². The van der Waals surface area contributed by atoms with Crippen molar-refractivity contribution < 1.29 is 14.3 Å². The van der Waals surface area contributed by atoms with Crippen LogP contribution >= 0.6 is 0 Å². The normalized spacial score (nSPS) is 22.4. The van der Waals surface area contributed by atoms with E-state index in [1.54, 1.807) is 6.20 Å². The Bertz CT molecular complexity index is 795. The molecule has 2 aromatic heterocycles. The van der Waals surface area contributed by atoms with Crippen LogP contribution in [0.25, 0.3) is 0 Å². The number of aryl methyl sites for hydroxylation is 1.